The molecule has 1 aromatic heterocycles. The van der Waals surface area contributed by atoms with Crippen molar-refractivity contribution in [2.75, 3.05) is 25.7 Å². The van der Waals surface area contributed by atoms with Gasteiger partial charge < -0.3 is 14.9 Å². The molecule has 3 N–H and O–H groups in total. The van der Waals surface area contributed by atoms with Crippen molar-refractivity contribution in [2.45, 2.75) is 0 Å². The molecule has 0 atom stereocenters. The Morgan fingerprint density at radius 1 is 1.56 bits per heavy atom. The first-order valence-corrected chi connectivity index (χ1v) is 4.42. The number of hydrogen-bond donors (Lipinski definition) is 2. The fourth-order valence-electron chi connectivity index (χ4n) is 0.974. The van der Waals surface area contributed by atoms with Gasteiger partial charge >= 0.3 is 0 Å². The molecule has 8 heteroatoms. The number of nitrogen functional groups attached to an aromatic ring is 1. The summed E-state index contributed by atoms with van der Waals surface area (Å²) in [5.74, 6) is 5.42. The molecule has 0 aliphatic carbocycles. The Morgan fingerprint density at radius 2 is 2.31 bits per heavy atom. The quantitative estimate of drug-likeness (QED) is 0.311. The number of ether oxygens (including phenoxy) is 2. The number of pyridine rings is 1. The van der Waals surface area contributed by atoms with Crippen molar-refractivity contribution in [3.8, 4) is 5.88 Å². The lowest BCUT2D eigenvalue weighted by Gasteiger charge is -2.06. The van der Waals surface area contributed by atoms with Crippen molar-refractivity contribution in [2.24, 2.45) is 5.84 Å². The minimum absolute atomic E-state index is 0.124. The molecule has 88 valence electrons. The predicted octanol–water partition coefficient (Wildman–Crippen LogP) is 0.301. The molecule has 0 aromatic carbocycles. The lowest BCUT2D eigenvalue weighted by Crippen LogP contribution is -2.11. The van der Waals surface area contributed by atoms with Gasteiger partial charge in [-0.2, -0.15) is 4.98 Å². The molecular formula is C8H12N4O4. The Morgan fingerprint density at radius 3 is 2.88 bits per heavy atom. The molecule has 1 heterocycles. The third-order valence-electron chi connectivity index (χ3n) is 1.68. The molecule has 0 aliphatic heterocycles. The minimum atomic E-state index is -0.550. The van der Waals surface area contributed by atoms with Crippen LogP contribution in [0.3, 0.4) is 0 Å². The van der Waals surface area contributed by atoms with Gasteiger partial charge in [0.1, 0.15) is 6.61 Å². The zero-order chi connectivity index (χ0) is 12.0. The van der Waals surface area contributed by atoms with E-state index in [9.17, 15) is 10.1 Å². The first kappa shape index (κ1) is 12.1. The van der Waals surface area contributed by atoms with E-state index in [1.165, 1.54) is 19.2 Å². The summed E-state index contributed by atoms with van der Waals surface area (Å²) >= 11 is 0. The third kappa shape index (κ3) is 3.33. The van der Waals surface area contributed by atoms with E-state index in [1.54, 1.807) is 0 Å². The van der Waals surface area contributed by atoms with Gasteiger partial charge in [0.25, 0.3) is 5.69 Å². The van der Waals surface area contributed by atoms with Crippen molar-refractivity contribution in [1.82, 2.24) is 4.98 Å². The largest absolute Gasteiger partial charge is 0.475 e. The maximum absolute atomic E-state index is 10.6. The van der Waals surface area contributed by atoms with E-state index in [0.717, 1.165) is 0 Å². The predicted molar refractivity (Wildman–Crippen MR) is 56.1 cm³/mol. The summed E-state index contributed by atoms with van der Waals surface area (Å²) in [6, 6.07) is 2.43. The van der Waals surface area contributed by atoms with Crippen LogP contribution in [-0.4, -0.2) is 30.2 Å². The zero-order valence-corrected chi connectivity index (χ0v) is 8.67. The monoisotopic (exact) mass is 228 g/mol. The summed E-state index contributed by atoms with van der Waals surface area (Å²) in [6.07, 6.45) is 0. The number of hydrogen-bond acceptors (Lipinski definition) is 7. The summed E-state index contributed by atoms with van der Waals surface area (Å²) in [7, 11) is 1.52. The van der Waals surface area contributed by atoms with Crippen LogP contribution in [0.25, 0.3) is 0 Å². The molecule has 8 nitrogen and oxygen atoms in total. The molecule has 0 bridgehead atoms. The lowest BCUT2D eigenvalue weighted by atomic mass is 10.4. The number of nitrogens with zero attached hydrogens (tertiary/aromatic N) is 2. The van der Waals surface area contributed by atoms with Crippen LogP contribution in [0.2, 0.25) is 0 Å². The van der Waals surface area contributed by atoms with E-state index in [-0.39, 0.29) is 24.0 Å². The molecule has 1 rings (SSSR count). The summed E-state index contributed by atoms with van der Waals surface area (Å²) in [5.41, 5.74) is 2.08. The van der Waals surface area contributed by atoms with Crippen LogP contribution in [0.4, 0.5) is 11.5 Å². The highest BCUT2D eigenvalue weighted by molar-refractivity contribution is 5.47. The van der Waals surface area contributed by atoms with Gasteiger partial charge in [-0.05, 0) is 0 Å². The highest BCUT2D eigenvalue weighted by atomic mass is 16.6. The Labute approximate surface area is 91.5 Å². The Balaban J connectivity index is 2.82. The van der Waals surface area contributed by atoms with Crippen molar-refractivity contribution in [1.29, 1.82) is 0 Å². The van der Waals surface area contributed by atoms with E-state index in [0.29, 0.717) is 6.61 Å². The topological polar surface area (TPSA) is 113 Å². The van der Waals surface area contributed by atoms with Crippen LogP contribution < -0.4 is 16.0 Å². The normalized spacial score (nSPS) is 9.88. The number of nitro groups is 1. The first-order valence-electron chi connectivity index (χ1n) is 4.42. The first-order chi connectivity index (χ1) is 7.67. The minimum Gasteiger partial charge on any atom is -0.475 e. The summed E-state index contributed by atoms with van der Waals surface area (Å²) < 4.78 is 9.91. The maximum atomic E-state index is 10.6. The van der Waals surface area contributed by atoms with Gasteiger partial charge in [0.15, 0.2) is 5.82 Å². The van der Waals surface area contributed by atoms with E-state index >= 15 is 0 Å². The van der Waals surface area contributed by atoms with Crippen LogP contribution >= 0.6 is 0 Å². The standard InChI is InChI=1S/C8H12N4O4/c1-15-2-3-16-8-5-6(12(13)14)4-7(10-8)11-9/h4-5H,2-3,9H2,1H3,(H,10,11). The van der Waals surface area contributed by atoms with Gasteiger partial charge in [0, 0.05) is 7.11 Å². The van der Waals surface area contributed by atoms with Gasteiger partial charge in [0.2, 0.25) is 5.88 Å². The molecular weight excluding hydrogens is 216 g/mol. The van der Waals surface area contributed by atoms with Crippen molar-refractivity contribution in [3.05, 3.63) is 22.2 Å². The van der Waals surface area contributed by atoms with Crippen molar-refractivity contribution in [3.63, 3.8) is 0 Å². The van der Waals surface area contributed by atoms with Crippen LogP contribution in [0.15, 0.2) is 12.1 Å². The van der Waals surface area contributed by atoms with Crippen molar-refractivity contribution < 1.29 is 14.4 Å². The average Bonchev–Trinajstić information content (AvgIpc) is 2.29. The third-order valence-corrected chi connectivity index (χ3v) is 1.68. The van der Waals surface area contributed by atoms with Crippen LogP contribution in [0.1, 0.15) is 0 Å². The molecule has 0 amide bonds. The highest BCUT2D eigenvalue weighted by Crippen LogP contribution is 2.21. The molecule has 0 unspecified atom stereocenters. The fourth-order valence-corrected chi connectivity index (χ4v) is 0.974. The number of aromatic nitrogens is 1. The van der Waals surface area contributed by atoms with Crippen LogP contribution in [0.5, 0.6) is 5.88 Å². The fraction of sp³-hybridized carbons (Fsp3) is 0.375. The van der Waals surface area contributed by atoms with E-state index < -0.39 is 4.92 Å². The second-order valence-corrected chi connectivity index (χ2v) is 2.79. The molecule has 0 radical (unpaired) electrons. The molecule has 1 aromatic rings. The van der Waals surface area contributed by atoms with Crippen LogP contribution in [0, 0.1) is 10.1 Å². The Kier molecular flexibility index (Phi) is 4.42. The highest BCUT2D eigenvalue weighted by Gasteiger charge is 2.11. The van der Waals surface area contributed by atoms with E-state index in [2.05, 4.69) is 10.4 Å². The molecule has 0 saturated heterocycles. The van der Waals surface area contributed by atoms with Crippen molar-refractivity contribution >= 4 is 11.5 Å². The number of rotatable bonds is 6. The molecule has 0 aliphatic rings. The average molecular weight is 228 g/mol. The lowest BCUT2D eigenvalue weighted by molar-refractivity contribution is -0.384. The van der Waals surface area contributed by atoms with Gasteiger partial charge in [-0.15, -0.1) is 0 Å². The summed E-state index contributed by atoms with van der Waals surface area (Å²) in [5, 5.41) is 10.6. The molecule has 0 saturated carbocycles. The van der Waals surface area contributed by atoms with Gasteiger partial charge in [-0.3, -0.25) is 10.1 Å². The number of methoxy groups -OCH3 is 1. The van der Waals surface area contributed by atoms with Gasteiger partial charge in [0.05, 0.1) is 23.7 Å². The molecule has 0 fully saturated rings. The number of hydrazine groups is 1. The summed E-state index contributed by atoms with van der Waals surface area (Å²) in [4.78, 5) is 13.9. The van der Waals surface area contributed by atoms with E-state index in [4.69, 9.17) is 15.3 Å². The SMILES string of the molecule is COCCOc1cc([N+](=O)[O-])cc(NN)n1. The Bertz CT molecular complexity index is 371. The number of anilines is 1. The van der Waals surface area contributed by atoms with E-state index in [1.807, 2.05) is 0 Å². The smallest absolute Gasteiger partial charge is 0.278 e. The number of nitrogens with two attached hydrogens (primary N) is 1. The second-order valence-electron chi connectivity index (χ2n) is 2.79. The summed E-state index contributed by atoms with van der Waals surface area (Å²) in [6.45, 7) is 0.629. The maximum Gasteiger partial charge on any atom is 0.278 e. The number of nitrogens with one attached hydrogen (secondary N) is 1. The second kappa shape index (κ2) is 5.83. The van der Waals surface area contributed by atoms with Gasteiger partial charge in [-0.25, -0.2) is 5.84 Å². The van der Waals surface area contributed by atoms with Gasteiger partial charge in [-0.1, -0.05) is 0 Å². The molecule has 0 spiro atoms. The zero-order valence-electron chi connectivity index (χ0n) is 8.67. The van der Waals surface area contributed by atoms with Crippen LogP contribution in [-0.2, 0) is 4.74 Å². The Hall–Kier alpha value is -1.93. The molecule has 16 heavy (non-hydrogen) atoms.